The highest BCUT2D eigenvalue weighted by molar-refractivity contribution is 7.89. The molecule has 0 radical (unpaired) electrons. The van der Waals surface area contributed by atoms with E-state index in [0.29, 0.717) is 24.7 Å². The zero-order chi connectivity index (χ0) is 17.3. The van der Waals surface area contributed by atoms with Gasteiger partial charge in [-0.3, -0.25) is 10.1 Å². The van der Waals surface area contributed by atoms with Crippen molar-refractivity contribution < 1.29 is 17.9 Å². The Labute approximate surface area is 138 Å². The molecule has 1 aliphatic heterocycles. The van der Waals surface area contributed by atoms with Crippen molar-refractivity contribution in [2.24, 2.45) is 0 Å². The van der Waals surface area contributed by atoms with Crippen molar-refractivity contribution in [3.8, 4) is 0 Å². The third kappa shape index (κ3) is 3.10. The maximum atomic E-state index is 12.7. The summed E-state index contributed by atoms with van der Waals surface area (Å²) in [7, 11) is -3.76. The minimum absolute atomic E-state index is 0.0672. The van der Waals surface area contributed by atoms with Crippen LogP contribution < -0.4 is 4.90 Å². The highest BCUT2D eigenvalue weighted by Crippen LogP contribution is 2.23. The van der Waals surface area contributed by atoms with E-state index >= 15 is 0 Å². The minimum atomic E-state index is -3.76. The molecule has 1 saturated heterocycles. The zero-order valence-corrected chi connectivity index (χ0v) is 13.8. The van der Waals surface area contributed by atoms with Crippen molar-refractivity contribution in [3.63, 3.8) is 0 Å². The van der Waals surface area contributed by atoms with Gasteiger partial charge in [-0.1, -0.05) is 11.2 Å². The van der Waals surface area contributed by atoms with E-state index in [-0.39, 0.29) is 23.7 Å². The van der Waals surface area contributed by atoms with Gasteiger partial charge >= 0.3 is 0 Å². The predicted octanol–water partition coefficient (Wildman–Crippen LogP) is 1.40. The monoisotopic (exact) mass is 352 g/mol. The highest BCUT2D eigenvalue weighted by Gasteiger charge is 2.30. The normalized spacial score (nSPS) is 16.3. The summed E-state index contributed by atoms with van der Waals surface area (Å²) in [4.78, 5) is 12.1. The number of piperazine rings is 1. The Morgan fingerprint density at radius 3 is 2.50 bits per heavy atom. The van der Waals surface area contributed by atoms with Crippen LogP contribution in [0.4, 0.5) is 11.5 Å². The molecule has 0 bridgehead atoms. The summed E-state index contributed by atoms with van der Waals surface area (Å²) in [5.41, 5.74) is -0.243. The molecule has 1 fully saturated rings. The molecule has 9 nitrogen and oxygen atoms in total. The first-order chi connectivity index (χ1) is 11.4. The van der Waals surface area contributed by atoms with E-state index in [1.165, 1.54) is 22.5 Å². The molecule has 2 aromatic rings. The van der Waals surface area contributed by atoms with Crippen LogP contribution in [0, 0.1) is 17.0 Å². The number of anilines is 1. The highest BCUT2D eigenvalue weighted by atomic mass is 32.2. The van der Waals surface area contributed by atoms with E-state index in [4.69, 9.17) is 4.52 Å². The average molecular weight is 352 g/mol. The predicted molar refractivity (Wildman–Crippen MR) is 85.3 cm³/mol. The molecule has 1 aliphatic rings. The van der Waals surface area contributed by atoms with E-state index in [1.54, 1.807) is 13.0 Å². The molecule has 24 heavy (non-hydrogen) atoms. The standard InChI is InChI=1S/C14H16N4O5S/c1-11-9-14(15-23-11)16-5-7-17(8-6-16)24(21,22)13-4-2-3-12(10-13)18(19)20/h2-4,9-10H,5-8H2,1H3. The largest absolute Gasteiger partial charge is 0.360 e. The summed E-state index contributed by atoms with van der Waals surface area (Å²) >= 11 is 0. The van der Waals surface area contributed by atoms with Gasteiger partial charge in [-0.05, 0) is 13.0 Å². The van der Waals surface area contributed by atoms with Crippen molar-refractivity contribution in [3.05, 3.63) is 46.2 Å². The van der Waals surface area contributed by atoms with Gasteiger partial charge < -0.3 is 9.42 Å². The van der Waals surface area contributed by atoms with Crippen LogP contribution in [0.2, 0.25) is 0 Å². The number of rotatable bonds is 4. The van der Waals surface area contributed by atoms with Crippen LogP contribution in [0.3, 0.4) is 0 Å². The molecule has 128 valence electrons. The number of nitro groups is 1. The lowest BCUT2D eigenvalue weighted by atomic mass is 10.3. The number of nitro benzene ring substituents is 1. The maximum Gasteiger partial charge on any atom is 0.270 e. The van der Waals surface area contributed by atoms with Crippen molar-refractivity contribution in [1.82, 2.24) is 9.46 Å². The van der Waals surface area contributed by atoms with E-state index in [9.17, 15) is 18.5 Å². The molecule has 1 aromatic heterocycles. The van der Waals surface area contributed by atoms with Crippen LogP contribution in [0.15, 0.2) is 39.8 Å². The quantitative estimate of drug-likeness (QED) is 0.604. The number of hydrogen-bond donors (Lipinski definition) is 0. The molecule has 0 spiro atoms. The van der Waals surface area contributed by atoms with Crippen LogP contribution in [-0.4, -0.2) is 49.0 Å². The fourth-order valence-electron chi connectivity index (χ4n) is 2.57. The van der Waals surface area contributed by atoms with Gasteiger partial charge in [0.15, 0.2) is 5.82 Å². The Morgan fingerprint density at radius 2 is 1.92 bits per heavy atom. The molecule has 0 atom stereocenters. The Kier molecular flexibility index (Phi) is 4.24. The Bertz CT molecular complexity index is 856. The van der Waals surface area contributed by atoms with E-state index in [2.05, 4.69) is 5.16 Å². The summed E-state index contributed by atoms with van der Waals surface area (Å²) in [6, 6.07) is 6.90. The van der Waals surface area contributed by atoms with Crippen LogP contribution in [-0.2, 0) is 10.0 Å². The minimum Gasteiger partial charge on any atom is -0.360 e. The lowest BCUT2D eigenvalue weighted by Crippen LogP contribution is -2.48. The molecular weight excluding hydrogens is 336 g/mol. The van der Waals surface area contributed by atoms with E-state index in [0.717, 1.165) is 6.07 Å². The van der Waals surface area contributed by atoms with Crippen LogP contribution in [0.25, 0.3) is 0 Å². The summed E-state index contributed by atoms with van der Waals surface area (Å²) in [6.07, 6.45) is 0. The molecule has 0 amide bonds. The smallest absolute Gasteiger partial charge is 0.270 e. The first kappa shape index (κ1) is 16.4. The van der Waals surface area contributed by atoms with Gasteiger partial charge in [-0.2, -0.15) is 4.31 Å². The molecule has 0 aliphatic carbocycles. The lowest BCUT2D eigenvalue weighted by molar-refractivity contribution is -0.385. The molecule has 10 heteroatoms. The Hall–Kier alpha value is -2.46. The van der Waals surface area contributed by atoms with Crippen molar-refractivity contribution >= 4 is 21.5 Å². The van der Waals surface area contributed by atoms with Crippen molar-refractivity contribution in [2.45, 2.75) is 11.8 Å². The topological polar surface area (TPSA) is 110 Å². The number of hydrogen-bond acceptors (Lipinski definition) is 7. The second-order valence-electron chi connectivity index (χ2n) is 5.44. The van der Waals surface area contributed by atoms with Gasteiger partial charge in [0.05, 0.1) is 9.82 Å². The molecule has 0 unspecified atom stereocenters. The Morgan fingerprint density at radius 1 is 1.21 bits per heavy atom. The van der Waals surface area contributed by atoms with E-state index < -0.39 is 14.9 Å². The van der Waals surface area contributed by atoms with E-state index in [1.807, 2.05) is 4.90 Å². The van der Waals surface area contributed by atoms with Crippen molar-refractivity contribution in [2.75, 3.05) is 31.1 Å². The maximum absolute atomic E-state index is 12.7. The van der Waals surface area contributed by atoms with Gasteiger partial charge in [0, 0.05) is 44.4 Å². The van der Waals surface area contributed by atoms with Gasteiger partial charge in [0.2, 0.25) is 10.0 Å². The second-order valence-corrected chi connectivity index (χ2v) is 7.38. The van der Waals surface area contributed by atoms with Crippen molar-refractivity contribution in [1.29, 1.82) is 0 Å². The van der Waals surface area contributed by atoms with Gasteiger partial charge in [-0.15, -0.1) is 0 Å². The van der Waals surface area contributed by atoms with Gasteiger partial charge in [0.1, 0.15) is 5.76 Å². The molecule has 2 heterocycles. The molecule has 3 rings (SSSR count). The van der Waals surface area contributed by atoms with Gasteiger partial charge in [-0.25, -0.2) is 8.42 Å². The first-order valence-corrected chi connectivity index (χ1v) is 8.75. The third-order valence-corrected chi connectivity index (χ3v) is 5.74. The number of benzene rings is 1. The summed E-state index contributed by atoms with van der Waals surface area (Å²) in [6.45, 7) is 3.29. The fourth-order valence-corrected chi connectivity index (χ4v) is 4.03. The molecule has 1 aromatic carbocycles. The fraction of sp³-hybridized carbons (Fsp3) is 0.357. The number of sulfonamides is 1. The second kappa shape index (κ2) is 6.21. The van der Waals surface area contributed by atoms with Crippen LogP contribution in [0.5, 0.6) is 0 Å². The molecular formula is C14H16N4O5S. The SMILES string of the molecule is Cc1cc(N2CCN(S(=O)(=O)c3cccc([N+](=O)[O-])c3)CC2)no1. The third-order valence-electron chi connectivity index (χ3n) is 3.84. The summed E-state index contributed by atoms with van der Waals surface area (Å²) in [5.74, 6) is 1.37. The Balaban J connectivity index is 1.75. The molecule has 0 N–H and O–H groups in total. The number of non-ortho nitro benzene ring substituents is 1. The first-order valence-electron chi connectivity index (χ1n) is 7.31. The lowest BCUT2D eigenvalue weighted by Gasteiger charge is -2.33. The van der Waals surface area contributed by atoms with Gasteiger partial charge in [0.25, 0.3) is 5.69 Å². The number of nitrogens with zero attached hydrogens (tertiary/aromatic N) is 4. The summed E-state index contributed by atoms with van der Waals surface area (Å²) in [5, 5.41) is 14.8. The summed E-state index contributed by atoms with van der Waals surface area (Å²) < 4.78 is 31.7. The van der Waals surface area contributed by atoms with Crippen LogP contribution in [0.1, 0.15) is 5.76 Å². The number of aryl methyl sites for hydroxylation is 1. The average Bonchev–Trinajstić information content (AvgIpc) is 3.01. The zero-order valence-electron chi connectivity index (χ0n) is 13.0. The van der Waals surface area contributed by atoms with Crippen LogP contribution >= 0.6 is 0 Å². The molecule has 0 saturated carbocycles. The number of aromatic nitrogens is 1.